The average molecular weight is 301 g/mol. The Morgan fingerprint density at radius 3 is 2.26 bits per heavy atom. The van der Waals surface area contributed by atoms with Gasteiger partial charge in [-0.2, -0.15) is 13.2 Å². The molecule has 0 rings (SSSR count). The molecule has 0 aliphatic rings. The Labute approximate surface area is 116 Å². The van der Waals surface area contributed by atoms with Crippen LogP contribution in [0.3, 0.4) is 0 Å². The molecule has 0 aromatic rings. The Morgan fingerprint density at radius 1 is 1.32 bits per heavy atom. The van der Waals surface area contributed by atoms with Crippen molar-refractivity contribution in [2.24, 2.45) is 11.3 Å². The maximum absolute atomic E-state index is 11.9. The number of amides is 1. The van der Waals surface area contributed by atoms with Gasteiger partial charge < -0.3 is 10.4 Å². The van der Waals surface area contributed by atoms with Gasteiger partial charge in [0.05, 0.1) is 17.6 Å². The van der Waals surface area contributed by atoms with Crippen LogP contribution in [0.15, 0.2) is 0 Å². The summed E-state index contributed by atoms with van der Waals surface area (Å²) >= 11 is 0.534. The van der Waals surface area contributed by atoms with Crippen molar-refractivity contribution < 1.29 is 23.1 Å². The lowest BCUT2D eigenvalue weighted by Crippen LogP contribution is -2.44. The van der Waals surface area contributed by atoms with Crippen molar-refractivity contribution in [1.82, 2.24) is 5.32 Å². The molecule has 0 fully saturated rings. The van der Waals surface area contributed by atoms with Gasteiger partial charge in [0.15, 0.2) is 0 Å². The summed E-state index contributed by atoms with van der Waals surface area (Å²) in [5.41, 5.74) is -0.515. The number of alkyl halides is 3. The second-order valence-corrected chi connectivity index (χ2v) is 6.55. The molecule has 0 aromatic carbocycles. The minimum atomic E-state index is -4.25. The van der Waals surface area contributed by atoms with Crippen molar-refractivity contribution in [1.29, 1.82) is 0 Å². The fourth-order valence-electron chi connectivity index (χ4n) is 1.64. The Morgan fingerprint density at radius 2 is 1.84 bits per heavy atom. The molecule has 1 amide bonds. The van der Waals surface area contributed by atoms with Gasteiger partial charge in [0, 0.05) is 12.0 Å². The van der Waals surface area contributed by atoms with Gasteiger partial charge in [0.1, 0.15) is 0 Å². The lowest BCUT2D eigenvalue weighted by atomic mass is 9.81. The van der Waals surface area contributed by atoms with Gasteiger partial charge in [0.2, 0.25) is 5.91 Å². The first-order valence-corrected chi connectivity index (χ1v) is 7.20. The van der Waals surface area contributed by atoms with Crippen LogP contribution in [0.4, 0.5) is 13.2 Å². The molecule has 0 radical (unpaired) electrons. The lowest BCUT2D eigenvalue weighted by Gasteiger charge is -2.33. The number of hydrogen-bond donors (Lipinski definition) is 2. The van der Waals surface area contributed by atoms with Gasteiger partial charge in [-0.1, -0.05) is 27.7 Å². The molecule has 0 heterocycles. The first kappa shape index (κ1) is 18.6. The predicted octanol–water partition coefficient (Wildman–Crippen LogP) is 2.44. The summed E-state index contributed by atoms with van der Waals surface area (Å²) in [5.74, 6) is -1.66. The molecule has 0 saturated carbocycles. The summed E-state index contributed by atoms with van der Waals surface area (Å²) in [4.78, 5) is 11.4. The third-order valence-electron chi connectivity index (χ3n) is 2.67. The molecule has 0 aliphatic heterocycles. The van der Waals surface area contributed by atoms with E-state index >= 15 is 0 Å². The van der Waals surface area contributed by atoms with Crippen LogP contribution in [0.2, 0.25) is 0 Å². The Bertz CT molecular complexity index is 293. The SMILES string of the molecule is CC(C)C(O)C(C)(C)CNC(=O)CSCC(F)(F)F. The fourth-order valence-corrected chi connectivity index (χ4v) is 2.26. The maximum Gasteiger partial charge on any atom is 0.397 e. The molecule has 114 valence electrons. The van der Waals surface area contributed by atoms with Gasteiger partial charge >= 0.3 is 6.18 Å². The molecule has 2 N–H and O–H groups in total. The Kier molecular flexibility index (Phi) is 7.21. The summed E-state index contributed by atoms with van der Waals surface area (Å²) in [6.07, 6.45) is -4.84. The number of halogens is 3. The van der Waals surface area contributed by atoms with Crippen LogP contribution in [0.25, 0.3) is 0 Å². The molecule has 0 aromatic heterocycles. The van der Waals surface area contributed by atoms with Crippen molar-refractivity contribution >= 4 is 17.7 Å². The topological polar surface area (TPSA) is 49.3 Å². The van der Waals surface area contributed by atoms with Crippen LogP contribution in [0, 0.1) is 11.3 Å². The highest BCUT2D eigenvalue weighted by molar-refractivity contribution is 8.00. The van der Waals surface area contributed by atoms with Crippen molar-refractivity contribution in [3.8, 4) is 0 Å². The molecule has 7 heteroatoms. The van der Waals surface area contributed by atoms with Gasteiger partial charge in [-0.3, -0.25) is 4.79 Å². The van der Waals surface area contributed by atoms with Crippen LogP contribution >= 0.6 is 11.8 Å². The van der Waals surface area contributed by atoms with E-state index < -0.39 is 29.4 Å². The third-order valence-corrected chi connectivity index (χ3v) is 3.67. The zero-order valence-corrected chi connectivity index (χ0v) is 12.5. The molecular formula is C12H22F3NO2S. The number of carbonyl (C=O) groups is 1. The van der Waals surface area contributed by atoms with Crippen molar-refractivity contribution in [3.63, 3.8) is 0 Å². The quantitative estimate of drug-likeness (QED) is 0.759. The summed E-state index contributed by atoms with van der Waals surface area (Å²) in [6.45, 7) is 7.58. The van der Waals surface area contributed by atoms with Crippen LogP contribution < -0.4 is 5.32 Å². The van der Waals surface area contributed by atoms with Crippen LogP contribution in [0.5, 0.6) is 0 Å². The molecule has 1 atom stereocenters. The van der Waals surface area contributed by atoms with Crippen molar-refractivity contribution in [2.45, 2.75) is 40.0 Å². The highest BCUT2D eigenvalue weighted by Gasteiger charge is 2.31. The molecule has 1 unspecified atom stereocenters. The lowest BCUT2D eigenvalue weighted by molar-refractivity contribution is -0.119. The van der Waals surface area contributed by atoms with E-state index in [1.165, 1.54) is 0 Å². The minimum Gasteiger partial charge on any atom is -0.392 e. The second-order valence-electron chi connectivity index (χ2n) is 5.56. The van der Waals surface area contributed by atoms with Crippen LogP contribution in [0.1, 0.15) is 27.7 Å². The van der Waals surface area contributed by atoms with Gasteiger partial charge in [0.25, 0.3) is 0 Å². The summed E-state index contributed by atoms with van der Waals surface area (Å²) in [5, 5.41) is 12.5. The van der Waals surface area contributed by atoms with E-state index in [1.54, 1.807) is 13.8 Å². The van der Waals surface area contributed by atoms with E-state index in [-0.39, 0.29) is 18.2 Å². The number of aliphatic hydroxyl groups excluding tert-OH is 1. The van der Waals surface area contributed by atoms with E-state index in [0.29, 0.717) is 11.8 Å². The third kappa shape index (κ3) is 8.36. The normalized spacial score (nSPS) is 14.6. The summed E-state index contributed by atoms with van der Waals surface area (Å²) in [6, 6.07) is 0. The van der Waals surface area contributed by atoms with Crippen LogP contribution in [-0.2, 0) is 4.79 Å². The highest BCUT2D eigenvalue weighted by atomic mass is 32.2. The first-order valence-electron chi connectivity index (χ1n) is 6.05. The number of thioether (sulfide) groups is 1. The van der Waals surface area contributed by atoms with E-state index in [4.69, 9.17) is 0 Å². The monoisotopic (exact) mass is 301 g/mol. The fraction of sp³-hybridized carbons (Fsp3) is 0.917. The molecule has 0 bridgehead atoms. The van der Waals surface area contributed by atoms with Crippen molar-refractivity contribution in [3.05, 3.63) is 0 Å². The van der Waals surface area contributed by atoms with Gasteiger partial charge in [-0.25, -0.2) is 0 Å². The standard InChI is InChI=1S/C12H22F3NO2S/c1-8(2)10(18)11(3,4)6-16-9(17)5-19-7-12(13,14)15/h8,10,18H,5-7H2,1-4H3,(H,16,17). The summed E-state index contributed by atoms with van der Waals surface area (Å²) < 4.78 is 35.7. The number of hydrogen-bond acceptors (Lipinski definition) is 3. The molecule has 0 spiro atoms. The number of carbonyl (C=O) groups excluding carboxylic acids is 1. The average Bonchev–Trinajstić information content (AvgIpc) is 2.23. The smallest absolute Gasteiger partial charge is 0.392 e. The number of nitrogens with one attached hydrogen (secondary N) is 1. The summed E-state index contributed by atoms with van der Waals surface area (Å²) in [7, 11) is 0. The van der Waals surface area contributed by atoms with Crippen molar-refractivity contribution in [2.75, 3.05) is 18.1 Å². The molecular weight excluding hydrogens is 279 g/mol. The van der Waals surface area contributed by atoms with Crippen LogP contribution in [-0.4, -0.2) is 41.3 Å². The molecule has 3 nitrogen and oxygen atoms in total. The zero-order valence-electron chi connectivity index (χ0n) is 11.7. The molecule has 0 saturated heterocycles. The number of rotatable bonds is 7. The predicted molar refractivity (Wildman–Crippen MR) is 71.0 cm³/mol. The minimum absolute atomic E-state index is 0.0477. The van der Waals surface area contributed by atoms with E-state index in [9.17, 15) is 23.1 Å². The maximum atomic E-state index is 11.9. The Balaban J connectivity index is 4.02. The molecule has 19 heavy (non-hydrogen) atoms. The Hall–Kier alpha value is -0.430. The van der Waals surface area contributed by atoms with Gasteiger partial charge in [-0.05, 0) is 5.92 Å². The second kappa shape index (κ2) is 7.38. The zero-order chi connectivity index (χ0) is 15.3. The number of aliphatic hydroxyl groups is 1. The van der Waals surface area contributed by atoms with E-state index in [2.05, 4.69) is 5.32 Å². The van der Waals surface area contributed by atoms with E-state index in [1.807, 2.05) is 13.8 Å². The largest absolute Gasteiger partial charge is 0.397 e. The highest BCUT2D eigenvalue weighted by Crippen LogP contribution is 2.25. The molecule has 0 aliphatic carbocycles. The van der Waals surface area contributed by atoms with E-state index in [0.717, 1.165) is 0 Å². The first-order chi connectivity index (χ1) is 8.46. The van der Waals surface area contributed by atoms with Gasteiger partial charge in [-0.15, -0.1) is 11.8 Å².